The van der Waals surface area contributed by atoms with Gasteiger partial charge in [-0.3, -0.25) is 19.8 Å². The maximum atomic E-state index is 13.8. The Morgan fingerprint density at radius 2 is 1.96 bits per heavy atom. The summed E-state index contributed by atoms with van der Waals surface area (Å²) in [5, 5.41) is 15.5. The fourth-order valence-electron chi connectivity index (χ4n) is 2.53. The minimum Gasteiger partial charge on any atom is -0.350 e. The van der Waals surface area contributed by atoms with Gasteiger partial charge in [0.2, 0.25) is 0 Å². The highest BCUT2D eigenvalue weighted by molar-refractivity contribution is 5.94. The normalized spacial score (nSPS) is 16.5. The topological polar surface area (TPSA) is 87.5 Å². The van der Waals surface area contributed by atoms with Gasteiger partial charge >= 0.3 is 6.18 Å². The zero-order valence-electron chi connectivity index (χ0n) is 13.4. The Balaban J connectivity index is 0.00000338. The molecule has 7 nitrogen and oxygen atoms in total. The lowest BCUT2D eigenvalue weighted by Crippen LogP contribution is -2.57. The Kier molecular flexibility index (Phi) is 7.72. The van der Waals surface area contributed by atoms with Crippen molar-refractivity contribution in [2.45, 2.75) is 12.2 Å². The molecule has 1 aliphatic rings. The lowest BCUT2D eigenvalue weighted by Gasteiger charge is -2.35. The molecule has 0 spiro atoms. The minimum atomic E-state index is -4.56. The number of piperazine rings is 1. The van der Waals surface area contributed by atoms with Gasteiger partial charge in [-0.25, -0.2) is 4.39 Å². The van der Waals surface area contributed by atoms with E-state index in [-0.39, 0.29) is 25.5 Å². The van der Waals surface area contributed by atoms with Gasteiger partial charge in [-0.05, 0) is 6.07 Å². The second-order valence-electron chi connectivity index (χ2n) is 5.47. The molecule has 0 aliphatic carbocycles. The lowest BCUT2D eigenvalue weighted by atomic mass is 10.1. The summed E-state index contributed by atoms with van der Waals surface area (Å²) in [6.45, 7) is 0.408. The van der Waals surface area contributed by atoms with E-state index in [1.165, 1.54) is 4.90 Å². The van der Waals surface area contributed by atoms with Crippen molar-refractivity contribution in [3.8, 4) is 0 Å². The summed E-state index contributed by atoms with van der Waals surface area (Å²) < 4.78 is 53.4. The first kappa shape index (κ1) is 22.1. The number of carbonyl (C=O) groups is 1. The smallest absolute Gasteiger partial charge is 0.350 e. The Hall–Kier alpha value is -1.98. The van der Waals surface area contributed by atoms with Crippen LogP contribution < -0.4 is 10.6 Å². The number of halogens is 5. The summed E-state index contributed by atoms with van der Waals surface area (Å²) >= 11 is 0. The molecule has 0 bridgehead atoms. The molecule has 1 aliphatic heterocycles. The quantitative estimate of drug-likeness (QED) is 0.446. The molecule has 1 atom stereocenters. The van der Waals surface area contributed by atoms with Gasteiger partial charge in [0.15, 0.2) is 0 Å². The van der Waals surface area contributed by atoms with E-state index in [0.29, 0.717) is 19.2 Å². The highest BCUT2D eigenvalue weighted by atomic mass is 35.5. The number of nitro benzene ring substituents is 1. The van der Waals surface area contributed by atoms with Gasteiger partial charge in [0.1, 0.15) is 11.9 Å². The Morgan fingerprint density at radius 3 is 2.46 bits per heavy atom. The minimum absolute atomic E-state index is 0. The van der Waals surface area contributed by atoms with E-state index in [1.54, 1.807) is 0 Å². The number of amides is 1. The van der Waals surface area contributed by atoms with Crippen molar-refractivity contribution in [3.63, 3.8) is 0 Å². The fourth-order valence-corrected chi connectivity index (χ4v) is 2.53. The van der Waals surface area contributed by atoms with E-state index in [2.05, 4.69) is 10.6 Å². The van der Waals surface area contributed by atoms with Crippen LogP contribution in [0.4, 0.5) is 23.2 Å². The average Bonchev–Trinajstić information content (AvgIpc) is 2.54. The maximum absolute atomic E-state index is 13.8. The number of nitro groups is 1. The highest BCUT2D eigenvalue weighted by Crippen LogP contribution is 2.25. The van der Waals surface area contributed by atoms with E-state index in [4.69, 9.17) is 0 Å². The third kappa shape index (κ3) is 5.51. The van der Waals surface area contributed by atoms with Crippen molar-refractivity contribution < 1.29 is 27.3 Å². The standard InChI is InChI=1S/C14H16F4N4O3.ClH/c15-11-7-9(22(24)25)1-2-10(11)13(23)20-8-12(14(16,17)18)21-5-3-19-4-6-21;/h1-2,7,12,19H,3-6,8H2,(H,20,23);1H. The molecule has 1 saturated heterocycles. The van der Waals surface area contributed by atoms with E-state index >= 15 is 0 Å². The number of alkyl halides is 3. The molecule has 2 rings (SSSR count). The van der Waals surface area contributed by atoms with Crippen molar-refractivity contribution in [1.29, 1.82) is 0 Å². The second-order valence-corrected chi connectivity index (χ2v) is 5.47. The van der Waals surface area contributed by atoms with Crippen LogP contribution in [0.1, 0.15) is 10.4 Å². The van der Waals surface area contributed by atoms with E-state index in [1.807, 2.05) is 0 Å². The van der Waals surface area contributed by atoms with Gasteiger partial charge in [0.25, 0.3) is 11.6 Å². The van der Waals surface area contributed by atoms with Gasteiger partial charge in [0.05, 0.1) is 16.6 Å². The number of benzene rings is 1. The van der Waals surface area contributed by atoms with Crippen LogP contribution in [-0.4, -0.2) is 60.7 Å². The van der Waals surface area contributed by atoms with Crippen LogP contribution in [0, 0.1) is 15.9 Å². The number of nitrogens with zero attached hydrogens (tertiary/aromatic N) is 2. The Bertz CT molecular complexity index is 654. The predicted octanol–water partition coefficient (Wildman–Crippen LogP) is 1.72. The van der Waals surface area contributed by atoms with Crippen LogP contribution >= 0.6 is 12.4 Å². The molecule has 146 valence electrons. The van der Waals surface area contributed by atoms with Gasteiger partial charge in [-0.1, -0.05) is 0 Å². The zero-order chi connectivity index (χ0) is 18.6. The summed E-state index contributed by atoms with van der Waals surface area (Å²) in [6.07, 6.45) is -4.56. The van der Waals surface area contributed by atoms with Crippen LogP contribution in [0.15, 0.2) is 18.2 Å². The van der Waals surface area contributed by atoms with Gasteiger partial charge in [-0.15, -0.1) is 12.4 Å². The molecule has 0 radical (unpaired) electrons. The molecule has 0 saturated carbocycles. The van der Waals surface area contributed by atoms with Gasteiger partial charge in [-0.2, -0.15) is 13.2 Å². The molecule has 2 N–H and O–H groups in total. The third-order valence-corrected chi connectivity index (χ3v) is 3.83. The first-order chi connectivity index (χ1) is 11.7. The molecule has 12 heteroatoms. The number of nitrogens with one attached hydrogen (secondary N) is 2. The highest BCUT2D eigenvalue weighted by Gasteiger charge is 2.43. The van der Waals surface area contributed by atoms with E-state index in [0.717, 1.165) is 12.1 Å². The summed E-state index contributed by atoms with van der Waals surface area (Å²) in [4.78, 5) is 22.8. The molecule has 1 fully saturated rings. The molecule has 1 aromatic rings. The molecular formula is C14H17ClF4N4O3. The molecule has 26 heavy (non-hydrogen) atoms. The van der Waals surface area contributed by atoms with Crippen molar-refractivity contribution in [1.82, 2.24) is 15.5 Å². The van der Waals surface area contributed by atoms with Crippen molar-refractivity contribution in [2.75, 3.05) is 32.7 Å². The largest absolute Gasteiger partial charge is 0.405 e. The predicted molar refractivity (Wildman–Crippen MR) is 86.9 cm³/mol. The van der Waals surface area contributed by atoms with Crippen LogP contribution in [0.5, 0.6) is 0 Å². The Morgan fingerprint density at radius 1 is 1.35 bits per heavy atom. The van der Waals surface area contributed by atoms with Crippen LogP contribution in [0.3, 0.4) is 0 Å². The van der Waals surface area contributed by atoms with Crippen LogP contribution in [-0.2, 0) is 0 Å². The summed E-state index contributed by atoms with van der Waals surface area (Å²) in [5.74, 6) is -2.23. The summed E-state index contributed by atoms with van der Waals surface area (Å²) in [7, 11) is 0. The molecule has 1 unspecified atom stereocenters. The van der Waals surface area contributed by atoms with Crippen molar-refractivity contribution in [3.05, 3.63) is 39.7 Å². The fraction of sp³-hybridized carbons (Fsp3) is 0.500. The monoisotopic (exact) mass is 400 g/mol. The summed E-state index contributed by atoms with van der Waals surface area (Å²) in [5.41, 5.74) is -1.10. The molecular weight excluding hydrogens is 384 g/mol. The number of rotatable bonds is 5. The average molecular weight is 401 g/mol. The third-order valence-electron chi connectivity index (χ3n) is 3.83. The summed E-state index contributed by atoms with van der Waals surface area (Å²) in [6, 6.07) is 0.442. The van der Waals surface area contributed by atoms with Crippen molar-refractivity contribution >= 4 is 24.0 Å². The first-order valence-electron chi connectivity index (χ1n) is 7.44. The van der Waals surface area contributed by atoms with Crippen molar-refractivity contribution in [2.24, 2.45) is 0 Å². The Labute approximate surface area is 152 Å². The first-order valence-corrected chi connectivity index (χ1v) is 7.44. The second kappa shape index (κ2) is 9.10. The number of carbonyl (C=O) groups excluding carboxylic acids is 1. The molecule has 0 aromatic heterocycles. The number of hydrogen-bond donors (Lipinski definition) is 2. The molecule has 1 heterocycles. The van der Waals surface area contributed by atoms with Crippen LogP contribution in [0.25, 0.3) is 0 Å². The van der Waals surface area contributed by atoms with Gasteiger partial charge < -0.3 is 10.6 Å². The van der Waals surface area contributed by atoms with Gasteiger partial charge in [0, 0.05) is 38.8 Å². The molecule has 1 amide bonds. The zero-order valence-corrected chi connectivity index (χ0v) is 14.2. The lowest BCUT2D eigenvalue weighted by molar-refractivity contribution is -0.385. The van der Waals surface area contributed by atoms with E-state index < -0.39 is 46.7 Å². The number of hydrogen-bond acceptors (Lipinski definition) is 5. The van der Waals surface area contributed by atoms with E-state index in [9.17, 15) is 32.5 Å². The van der Waals surface area contributed by atoms with Crippen LogP contribution in [0.2, 0.25) is 0 Å². The SMILES string of the molecule is Cl.O=C(NCC(N1CCNCC1)C(F)(F)F)c1ccc([N+](=O)[O-])cc1F. The number of non-ortho nitro benzene ring substituents is 1. The molecule has 1 aromatic carbocycles. The maximum Gasteiger partial charge on any atom is 0.405 e.